The van der Waals surface area contributed by atoms with Gasteiger partial charge in [-0.1, -0.05) is 13.8 Å². The fraction of sp³-hybridized carbons (Fsp3) is 0.909. The molecule has 0 aromatic carbocycles. The largest absolute Gasteiger partial charge is 0.396 e. The maximum atomic E-state index is 11.5. The number of hydrogen-bond donors (Lipinski definition) is 3. The number of nitrogens with one attached hydrogen (secondary N) is 2. The van der Waals surface area contributed by atoms with Gasteiger partial charge < -0.3 is 15.7 Å². The van der Waals surface area contributed by atoms with Gasteiger partial charge in [-0.3, -0.25) is 0 Å². The number of aliphatic hydroxyl groups excluding tert-OH is 1. The molecule has 88 valence electrons. The van der Waals surface area contributed by atoms with Crippen molar-refractivity contribution in [1.82, 2.24) is 10.6 Å². The summed E-state index contributed by atoms with van der Waals surface area (Å²) in [4.78, 5) is 11.5. The fourth-order valence-electron chi connectivity index (χ4n) is 1.58. The first-order valence-electron chi connectivity index (χ1n) is 5.78. The van der Waals surface area contributed by atoms with Crippen LogP contribution in [-0.4, -0.2) is 30.3 Å². The lowest BCUT2D eigenvalue weighted by molar-refractivity contribution is 0.224. The lowest BCUT2D eigenvalue weighted by atomic mass is 10.1. The van der Waals surface area contributed by atoms with Crippen LogP contribution in [0.15, 0.2) is 0 Å². The van der Waals surface area contributed by atoms with Crippen LogP contribution in [0.3, 0.4) is 0 Å². The number of urea groups is 1. The third-order valence-electron chi connectivity index (χ3n) is 2.62. The standard InChI is InChI=1S/C11H22N2O2/c1-8(2)7-12-11(15)13-10(5-6-14)9-3-4-9/h8-10,14H,3-7H2,1-2H3,(H2,12,13,15). The summed E-state index contributed by atoms with van der Waals surface area (Å²) in [5.74, 6) is 1.05. The van der Waals surface area contributed by atoms with Gasteiger partial charge in [0.25, 0.3) is 0 Å². The van der Waals surface area contributed by atoms with E-state index in [9.17, 15) is 4.79 Å². The highest BCUT2D eigenvalue weighted by Crippen LogP contribution is 2.33. The summed E-state index contributed by atoms with van der Waals surface area (Å²) in [6.45, 7) is 4.97. The lowest BCUT2D eigenvalue weighted by Crippen LogP contribution is -2.44. The Labute approximate surface area is 91.4 Å². The Hall–Kier alpha value is -0.770. The number of carbonyl (C=O) groups excluding carboxylic acids is 1. The van der Waals surface area contributed by atoms with Gasteiger partial charge in [-0.15, -0.1) is 0 Å². The quantitative estimate of drug-likeness (QED) is 0.620. The molecule has 2 amide bonds. The van der Waals surface area contributed by atoms with Gasteiger partial charge in [0.15, 0.2) is 0 Å². The molecule has 1 saturated carbocycles. The fourth-order valence-corrected chi connectivity index (χ4v) is 1.58. The topological polar surface area (TPSA) is 61.4 Å². The van der Waals surface area contributed by atoms with Crippen molar-refractivity contribution in [1.29, 1.82) is 0 Å². The number of hydrogen-bond acceptors (Lipinski definition) is 2. The van der Waals surface area contributed by atoms with Gasteiger partial charge in [0, 0.05) is 19.2 Å². The Morgan fingerprint density at radius 1 is 1.47 bits per heavy atom. The smallest absolute Gasteiger partial charge is 0.315 e. The van der Waals surface area contributed by atoms with E-state index in [-0.39, 0.29) is 18.7 Å². The van der Waals surface area contributed by atoms with Crippen molar-refractivity contribution in [2.45, 2.75) is 39.2 Å². The lowest BCUT2D eigenvalue weighted by Gasteiger charge is -2.18. The second-order valence-electron chi connectivity index (χ2n) is 4.70. The molecule has 1 atom stereocenters. The number of rotatable bonds is 6. The van der Waals surface area contributed by atoms with Crippen molar-refractivity contribution in [2.24, 2.45) is 11.8 Å². The highest BCUT2D eigenvalue weighted by atomic mass is 16.3. The Bertz CT molecular complexity index is 203. The van der Waals surface area contributed by atoms with E-state index in [1.54, 1.807) is 0 Å². The normalized spacial score (nSPS) is 17.6. The molecule has 1 aliphatic rings. The predicted molar refractivity (Wildman–Crippen MR) is 59.6 cm³/mol. The van der Waals surface area contributed by atoms with Crippen LogP contribution in [0, 0.1) is 11.8 Å². The number of amides is 2. The van der Waals surface area contributed by atoms with Crippen LogP contribution in [0.1, 0.15) is 33.1 Å². The van der Waals surface area contributed by atoms with Crippen molar-refractivity contribution >= 4 is 6.03 Å². The van der Waals surface area contributed by atoms with Crippen LogP contribution in [0.5, 0.6) is 0 Å². The molecule has 15 heavy (non-hydrogen) atoms. The van der Waals surface area contributed by atoms with E-state index in [2.05, 4.69) is 24.5 Å². The van der Waals surface area contributed by atoms with Crippen molar-refractivity contribution in [3.05, 3.63) is 0 Å². The molecule has 4 heteroatoms. The van der Waals surface area contributed by atoms with Crippen LogP contribution in [0.4, 0.5) is 4.79 Å². The van der Waals surface area contributed by atoms with Crippen LogP contribution in [0.25, 0.3) is 0 Å². The average Bonchev–Trinajstić information content (AvgIpc) is 2.97. The second-order valence-corrected chi connectivity index (χ2v) is 4.70. The van der Waals surface area contributed by atoms with E-state index in [1.807, 2.05) is 0 Å². The number of aliphatic hydroxyl groups is 1. The van der Waals surface area contributed by atoms with Gasteiger partial charge in [0.1, 0.15) is 0 Å². The molecule has 4 nitrogen and oxygen atoms in total. The van der Waals surface area contributed by atoms with E-state index in [0.717, 1.165) is 0 Å². The summed E-state index contributed by atoms with van der Waals surface area (Å²) in [6, 6.07) is 0.0520. The van der Waals surface area contributed by atoms with E-state index in [4.69, 9.17) is 5.11 Å². The zero-order chi connectivity index (χ0) is 11.3. The molecule has 0 spiro atoms. The van der Waals surface area contributed by atoms with Crippen LogP contribution in [-0.2, 0) is 0 Å². The third kappa shape index (κ3) is 5.02. The first-order valence-corrected chi connectivity index (χ1v) is 5.78. The van der Waals surface area contributed by atoms with Gasteiger partial charge in [0.2, 0.25) is 0 Å². The zero-order valence-electron chi connectivity index (χ0n) is 9.62. The first kappa shape index (κ1) is 12.3. The van der Waals surface area contributed by atoms with Crippen molar-refractivity contribution in [3.8, 4) is 0 Å². The van der Waals surface area contributed by atoms with E-state index in [1.165, 1.54) is 12.8 Å². The number of carbonyl (C=O) groups is 1. The Balaban J connectivity index is 2.21. The van der Waals surface area contributed by atoms with Crippen molar-refractivity contribution in [3.63, 3.8) is 0 Å². The summed E-state index contributed by atoms with van der Waals surface area (Å²) >= 11 is 0. The van der Waals surface area contributed by atoms with Crippen molar-refractivity contribution in [2.75, 3.05) is 13.2 Å². The molecular weight excluding hydrogens is 192 g/mol. The van der Waals surface area contributed by atoms with Gasteiger partial charge in [-0.2, -0.15) is 0 Å². The van der Waals surface area contributed by atoms with Gasteiger partial charge >= 0.3 is 6.03 Å². The molecule has 1 fully saturated rings. The highest BCUT2D eigenvalue weighted by Gasteiger charge is 2.31. The maximum Gasteiger partial charge on any atom is 0.315 e. The molecule has 1 aliphatic carbocycles. The zero-order valence-corrected chi connectivity index (χ0v) is 9.62. The Morgan fingerprint density at radius 2 is 2.13 bits per heavy atom. The minimum Gasteiger partial charge on any atom is -0.396 e. The van der Waals surface area contributed by atoms with Gasteiger partial charge in [-0.25, -0.2) is 4.79 Å². The minimum absolute atomic E-state index is 0.103. The van der Waals surface area contributed by atoms with Gasteiger partial charge in [0.05, 0.1) is 0 Å². The monoisotopic (exact) mass is 214 g/mol. The first-order chi connectivity index (χ1) is 7.13. The van der Waals surface area contributed by atoms with Crippen molar-refractivity contribution < 1.29 is 9.90 Å². The van der Waals surface area contributed by atoms with E-state index in [0.29, 0.717) is 24.8 Å². The molecule has 0 radical (unpaired) electrons. The average molecular weight is 214 g/mol. The molecule has 1 unspecified atom stereocenters. The minimum atomic E-state index is -0.103. The molecule has 0 bridgehead atoms. The SMILES string of the molecule is CC(C)CNC(=O)NC(CCO)C1CC1. The molecule has 0 aliphatic heterocycles. The van der Waals surface area contributed by atoms with Gasteiger partial charge in [-0.05, 0) is 31.1 Å². The predicted octanol–water partition coefficient (Wildman–Crippen LogP) is 1.10. The summed E-state index contributed by atoms with van der Waals surface area (Å²) in [6.07, 6.45) is 3.02. The van der Waals surface area contributed by atoms with E-state index >= 15 is 0 Å². The molecule has 3 N–H and O–H groups in total. The van der Waals surface area contributed by atoms with Crippen LogP contribution < -0.4 is 10.6 Å². The molecule has 0 heterocycles. The van der Waals surface area contributed by atoms with Crippen LogP contribution >= 0.6 is 0 Å². The maximum absolute atomic E-state index is 11.5. The summed E-state index contributed by atoms with van der Waals surface area (Å²) in [5, 5.41) is 14.6. The Kier molecular flexibility index (Phi) is 4.88. The molecule has 0 aromatic heterocycles. The third-order valence-corrected chi connectivity index (χ3v) is 2.62. The molecule has 0 saturated heterocycles. The Morgan fingerprint density at radius 3 is 2.60 bits per heavy atom. The highest BCUT2D eigenvalue weighted by molar-refractivity contribution is 5.74. The second kappa shape index (κ2) is 5.95. The summed E-state index contributed by atoms with van der Waals surface area (Å²) in [7, 11) is 0. The summed E-state index contributed by atoms with van der Waals surface area (Å²) < 4.78 is 0. The molecular formula is C11H22N2O2. The van der Waals surface area contributed by atoms with Crippen LogP contribution in [0.2, 0.25) is 0 Å². The summed E-state index contributed by atoms with van der Waals surface area (Å²) in [5.41, 5.74) is 0. The molecule has 1 rings (SSSR count). The molecule has 0 aromatic rings. The van der Waals surface area contributed by atoms with E-state index < -0.39 is 0 Å².